The summed E-state index contributed by atoms with van der Waals surface area (Å²) in [6, 6.07) is 5.81. The van der Waals surface area contributed by atoms with Crippen molar-refractivity contribution in [2.45, 2.75) is 18.9 Å². The Morgan fingerprint density at radius 1 is 1.38 bits per heavy atom. The van der Waals surface area contributed by atoms with Crippen LogP contribution in [0.25, 0.3) is 0 Å². The van der Waals surface area contributed by atoms with Crippen LogP contribution in [-0.2, 0) is 0 Å². The van der Waals surface area contributed by atoms with Gasteiger partial charge < -0.3 is 10.0 Å². The fourth-order valence-electron chi connectivity index (χ4n) is 2.73. The molecule has 6 heteroatoms. The van der Waals surface area contributed by atoms with Crippen molar-refractivity contribution in [3.8, 4) is 5.75 Å². The van der Waals surface area contributed by atoms with Crippen molar-refractivity contribution < 1.29 is 14.3 Å². The van der Waals surface area contributed by atoms with Crippen LogP contribution in [0.1, 0.15) is 29.2 Å². The number of aromatic nitrogens is 2. The van der Waals surface area contributed by atoms with Crippen LogP contribution < -0.4 is 0 Å². The van der Waals surface area contributed by atoms with E-state index in [0.29, 0.717) is 13.1 Å². The SMILES string of the molecule is O=C(c1c(O)cccc1F)N1CCC[C@H](n2cccn2)C1. The zero-order valence-corrected chi connectivity index (χ0v) is 11.4. The molecule has 21 heavy (non-hydrogen) atoms. The Bertz CT molecular complexity index is 622. The van der Waals surface area contributed by atoms with Gasteiger partial charge in [-0.25, -0.2) is 4.39 Å². The van der Waals surface area contributed by atoms with Crippen LogP contribution in [0.15, 0.2) is 36.7 Å². The number of benzene rings is 1. The van der Waals surface area contributed by atoms with Gasteiger partial charge in [0.25, 0.3) is 5.91 Å². The molecule has 1 saturated heterocycles. The molecule has 3 rings (SSSR count). The first-order valence-electron chi connectivity index (χ1n) is 6.92. The molecule has 1 N–H and O–H groups in total. The highest BCUT2D eigenvalue weighted by molar-refractivity contribution is 5.97. The monoisotopic (exact) mass is 289 g/mol. The lowest BCUT2D eigenvalue weighted by atomic mass is 10.0. The molecule has 0 spiro atoms. The number of carbonyl (C=O) groups excluding carboxylic acids is 1. The summed E-state index contributed by atoms with van der Waals surface area (Å²) in [5.41, 5.74) is -0.251. The molecule has 1 aromatic heterocycles. The minimum absolute atomic E-state index is 0.0895. The fraction of sp³-hybridized carbons (Fsp3) is 0.333. The number of aromatic hydroxyl groups is 1. The number of halogens is 1. The highest BCUT2D eigenvalue weighted by Crippen LogP contribution is 2.26. The summed E-state index contributed by atoms with van der Waals surface area (Å²) in [5.74, 6) is -1.48. The Labute approximate surface area is 121 Å². The molecule has 0 bridgehead atoms. The lowest BCUT2D eigenvalue weighted by Crippen LogP contribution is -2.41. The van der Waals surface area contributed by atoms with Crippen molar-refractivity contribution in [3.63, 3.8) is 0 Å². The number of piperidine rings is 1. The van der Waals surface area contributed by atoms with E-state index in [1.54, 1.807) is 11.1 Å². The van der Waals surface area contributed by atoms with Gasteiger partial charge in [-0.15, -0.1) is 0 Å². The highest BCUT2D eigenvalue weighted by Gasteiger charge is 2.28. The second kappa shape index (κ2) is 5.55. The van der Waals surface area contributed by atoms with Gasteiger partial charge in [-0.3, -0.25) is 9.48 Å². The van der Waals surface area contributed by atoms with E-state index < -0.39 is 11.7 Å². The number of hydrogen-bond donors (Lipinski definition) is 1. The van der Waals surface area contributed by atoms with Gasteiger partial charge in [0, 0.05) is 25.5 Å². The molecule has 5 nitrogen and oxygen atoms in total. The van der Waals surface area contributed by atoms with E-state index in [1.807, 2.05) is 16.9 Å². The number of phenols is 1. The van der Waals surface area contributed by atoms with Crippen molar-refractivity contribution in [1.29, 1.82) is 0 Å². The minimum atomic E-state index is -0.693. The van der Waals surface area contributed by atoms with Crippen LogP contribution >= 0.6 is 0 Å². The van der Waals surface area contributed by atoms with Gasteiger partial charge in [0.05, 0.1) is 6.04 Å². The van der Waals surface area contributed by atoms with Crippen LogP contribution in [0.5, 0.6) is 5.75 Å². The number of hydrogen-bond acceptors (Lipinski definition) is 3. The molecule has 0 aliphatic carbocycles. The predicted molar refractivity (Wildman–Crippen MR) is 74.5 cm³/mol. The molecule has 1 aliphatic heterocycles. The summed E-state index contributed by atoms with van der Waals surface area (Å²) in [7, 11) is 0. The van der Waals surface area contributed by atoms with Crippen molar-refractivity contribution in [3.05, 3.63) is 48.0 Å². The van der Waals surface area contributed by atoms with Gasteiger partial charge in [0.2, 0.25) is 0 Å². The first-order valence-corrected chi connectivity index (χ1v) is 6.92. The van der Waals surface area contributed by atoms with Gasteiger partial charge in [-0.05, 0) is 31.0 Å². The van der Waals surface area contributed by atoms with Gasteiger partial charge in [0.1, 0.15) is 17.1 Å². The molecule has 1 amide bonds. The number of rotatable bonds is 2. The molecule has 110 valence electrons. The summed E-state index contributed by atoms with van der Waals surface area (Å²) >= 11 is 0. The van der Waals surface area contributed by atoms with Gasteiger partial charge in [-0.1, -0.05) is 6.07 Å². The Morgan fingerprint density at radius 2 is 2.24 bits per heavy atom. The first kappa shape index (κ1) is 13.6. The second-order valence-corrected chi connectivity index (χ2v) is 5.17. The molecular formula is C15H16FN3O2. The van der Waals surface area contributed by atoms with Crippen LogP contribution in [0.3, 0.4) is 0 Å². The summed E-state index contributed by atoms with van der Waals surface area (Å²) in [6.07, 6.45) is 5.31. The van der Waals surface area contributed by atoms with Crippen LogP contribution in [0.4, 0.5) is 4.39 Å². The van der Waals surface area contributed by atoms with Crippen molar-refractivity contribution in [2.75, 3.05) is 13.1 Å². The van der Waals surface area contributed by atoms with E-state index in [4.69, 9.17) is 0 Å². The summed E-state index contributed by atoms with van der Waals surface area (Å²) in [4.78, 5) is 14.0. The normalized spacial score (nSPS) is 18.7. The van der Waals surface area contributed by atoms with E-state index in [0.717, 1.165) is 12.8 Å². The topological polar surface area (TPSA) is 58.4 Å². The molecule has 0 unspecified atom stereocenters. The van der Waals surface area contributed by atoms with E-state index in [-0.39, 0.29) is 17.4 Å². The van der Waals surface area contributed by atoms with Crippen molar-refractivity contribution in [1.82, 2.24) is 14.7 Å². The summed E-state index contributed by atoms with van der Waals surface area (Å²) < 4.78 is 15.6. The summed E-state index contributed by atoms with van der Waals surface area (Å²) in [6.45, 7) is 1.03. The largest absolute Gasteiger partial charge is 0.507 e. The third kappa shape index (κ3) is 2.61. The molecule has 1 aromatic carbocycles. The third-order valence-corrected chi connectivity index (χ3v) is 3.79. The molecule has 2 aromatic rings. The van der Waals surface area contributed by atoms with Crippen LogP contribution in [0, 0.1) is 5.82 Å². The number of likely N-dealkylation sites (tertiary alicyclic amines) is 1. The van der Waals surface area contributed by atoms with Gasteiger partial charge in [0.15, 0.2) is 0 Å². The molecule has 0 radical (unpaired) electrons. The molecule has 1 aliphatic rings. The molecular weight excluding hydrogens is 273 g/mol. The highest BCUT2D eigenvalue weighted by atomic mass is 19.1. The van der Waals surface area contributed by atoms with Crippen LogP contribution in [0.2, 0.25) is 0 Å². The lowest BCUT2D eigenvalue weighted by Gasteiger charge is -2.33. The zero-order valence-electron chi connectivity index (χ0n) is 11.4. The number of carbonyl (C=O) groups is 1. The maximum Gasteiger partial charge on any atom is 0.260 e. The standard InChI is InChI=1S/C15H16FN3O2/c16-12-5-1-6-13(20)14(12)15(21)18-8-2-4-11(10-18)19-9-3-7-17-19/h1,3,5-7,9,11,20H,2,4,8,10H2/t11-/m0/s1. The number of nitrogens with zero attached hydrogens (tertiary/aromatic N) is 3. The maximum atomic E-state index is 13.8. The minimum Gasteiger partial charge on any atom is -0.507 e. The quantitative estimate of drug-likeness (QED) is 0.922. The summed E-state index contributed by atoms with van der Waals surface area (Å²) in [5, 5.41) is 13.9. The molecule has 0 saturated carbocycles. The lowest BCUT2D eigenvalue weighted by molar-refractivity contribution is 0.0665. The molecule has 1 atom stereocenters. The average molecular weight is 289 g/mol. The Hall–Kier alpha value is -2.37. The molecule has 1 fully saturated rings. The van der Waals surface area contributed by atoms with Crippen molar-refractivity contribution >= 4 is 5.91 Å². The number of phenolic OH excluding ortho intramolecular Hbond substituents is 1. The zero-order chi connectivity index (χ0) is 14.8. The Kier molecular flexibility index (Phi) is 3.60. The van der Waals surface area contributed by atoms with E-state index in [1.165, 1.54) is 18.2 Å². The molecule has 2 heterocycles. The van der Waals surface area contributed by atoms with E-state index in [2.05, 4.69) is 5.10 Å². The second-order valence-electron chi connectivity index (χ2n) is 5.17. The average Bonchev–Trinajstić information content (AvgIpc) is 3.01. The van der Waals surface area contributed by atoms with Gasteiger partial charge >= 0.3 is 0 Å². The van der Waals surface area contributed by atoms with E-state index in [9.17, 15) is 14.3 Å². The van der Waals surface area contributed by atoms with Crippen LogP contribution in [-0.4, -0.2) is 38.8 Å². The maximum absolute atomic E-state index is 13.8. The Morgan fingerprint density at radius 3 is 2.95 bits per heavy atom. The Balaban J connectivity index is 1.82. The smallest absolute Gasteiger partial charge is 0.260 e. The van der Waals surface area contributed by atoms with Crippen molar-refractivity contribution in [2.24, 2.45) is 0 Å². The van der Waals surface area contributed by atoms with Gasteiger partial charge in [-0.2, -0.15) is 5.10 Å². The third-order valence-electron chi connectivity index (χ3n) is 3.79. The fourth-order valence-corrected chi connectivity index (χ4v) is 2.73. The van der Waals surface area contributed by atoms with E-state index >= 15 is 0 Å². The predicted octanol–water partition coefficient (Wildman–Crippen LogP) is 2.21. The number of amides is 1. The first-order chi connectivity index (χ1) is 10.2.